The van der Waals surface area contributed by atoms with Gasteiger partial charge in [0.1, 0.15) is 0 Å². The van der Waals surface area contributed by atoms with Gasteiger partial charge >= 0.3 is 0 Å². The molecule has 2 heterocycles. The fraction of sp³-hybridized carbons (Fsp3) is 0.615. The third-order valence-corrected chi connectivity index (χ3v) is 6.29. The van der Waals surface area contributed by atoms with Crippen LogP contribution in [0.2, 0.25) is 0 Å². The average Bonchev–Trinajstić information content (AvgIpc) is 2.91. The first kappa shape index (κ1) is 16.4. The molecule has 0 saturated carbocycles. The first-order chi connectivity index (χ1) is 9.76. The molecular formula is C13H21N3O3S2. The third-order valence-electron chi connectivity index (χ3n) is 3.82. The quantitative estimate of drug-likeness (QED) is 0.761. The average molecular weight is 331 g/mol. The minimum absolute atomic E-state index is 0.0228. The van der Waals surface area contributed by atoms with Crippen molar-refractivity contribution in [2.75, 3.05) is 20.1 Å². The molecule has 1 aliphatic heterocycles. The molecule has 0 spiro atoms. The Morgan fingerprint density at radius 1 is 1.48 bits per heavy atom. The fourth-order valence-electron chi connectivity index (χ4n) is 2.36. The van der Waals surface area contributed by atoms with Gasteiger partial charge in [-0.1, -0.05) is 13.8 Å². The summed E-state index contributed by atoms with van der Waals surface area (Å²) in [6, 6.07) is 1.50. The maximum Gasteiger partial charge on any atom is 0.261 e. The number of carbonyl (C=O) groups excluding carboxylic acids is 1. The lowest BCUT2D eigenvalue weighted by Gasteiger charge is -2.39. The predicted molar refractivity (Wildman–Crippen MR) is 83.1 cm³/mol. The topological polar surface area (TPSA) is 87.3 Å². The number of carbonyl (C=O) groups is 1. The highest BCUT2D eigenvalue weighted by molar-refractivity contribution is 7.89. The molecular weight excluding hydrogens is 310 g/mol. The first-order valence-electron chi connectivity index (χ1n) is 6.80. The van der Waals surface area contributed by atoms with Gasteiger partial charge in [-0.05, 0) is 31.5 Å². The Hall–Kier alpha value is -0.960. The molecule has 118 valence electrons. The summed E-state index contributed by atoms with van der Waals surface area (Å²) in [5.41, 5.74) is -0.0228. The van der Waals surface area contributed by atoms with Gasteiger partial charge in [0.2, 0.25) is 10.0 Å². The Morgan fingerprint density at radius 2 is 2.19 bits per heavy atom. The molecule has 1 atom stereocenters. The van der Waals surface area contributed by atoms with Crippen LogP contribution in [0.5, 0.6) is 0 Å². The van der Waals surface area contributed by atoms with E-state index in [2.05, 4.69) is 29.2 Å². The van der Waals surface area contributed by atoms with E-state index in [4.69, 9.17) is 0 Å². The number of sulfonamides is 1. The van der Waals surface area contributed by atoms with Gasteiger partial charge in [-0.25, -0.2) is 13.1 Å². The predicted octanol–water partition coefficient (Wildman–Crippen LogP) is 0.774. The molecule has 2 rings (SSSR count). The molecule has 1 aromatic rings. The number of thiophene rings is 1. The number of nitrogens with one attached hydrogen (secondary N) is 3. The van der Waals surface area contributed by atoms with E-state index in [-0.39, 0.29) is 22.3 Å². The number of hydrogen-bond donors (Lipinski definition) is 3. The molecule has 0 aliphatic carbocycles. The van der Waals surface area contributed by atoms with Crippen LogP contribution in [0.15, 0.2) is 16.3 Å². The maximum absolute atomic E-state index is 12.3. The van der Waals surface area contributed by atoms with Gasteiger partial charge < -0.3 is 10.6 Å². The Labute approximate surface area is 129 Å². The van der Waals surface area contributed by atoms with Crippen molar-refractivity contribution in [3.63, 3.8) is 0 Å². The number of rotatable bonds is 4. The molecule has 1 aliphatic rings. The summed E-state index contributed by atoms with van der Waals surface area (Å²) in [4.78, 5) is 12.8. The molecule has 6 nitrogen and oxygen atoms in total. The van der Waals surface area contributed by atoms with Crippen molar-refractivity contribution in [1.82, 2.24) is 15.4 Å². The molecule has 1 saturated heterocycles. The first-order valence-corrected chi connectivity index (χ1v) is 9.16. The molecule has 0 aromatic carbocycles. The highest BCUT2D eigenvalue weighted by atomic mass is 32.2. The standard InChI is InChI=1S/C13H21N3O3S2/c1-13(2)8-15-5-4-11(13)16-12(17)10-6-9(7-20-10)21(18,19)14-3/h6-7,11,14-15H,4-5,8H2,1-3H3,(H,16,17). The molecule has 21 heavy (non-hydrogen) atoms. The zero-order chi connectivity index (χ0) is 15.7. The van der Waals surface area contributed by atoms with E-state index in [0.717, 1.165) is 30.8 Å². The van der Waals surface area contributed by atoms with Crippen molar-refractivity contribution in [1.29, 1.82) is 0 Å². The van der Waals surface area contributed by atoms with Gasteiger partial charge in [-0.15, -0.1) is 11.3 Å². The van der Waals surface area contributed by atoms with Crippen molar-refractivity contribution >= 4 is 27.3 Å². The van der Waals surface area contributed by atoms with Crippen LogP contribution in [-0.2, 0) is 10.0 Å². The van der Waals surface area contributed by atoms with Gasteiger partial charge in [0.05, 0.1) is 9.77 Å². The second-order valence-corrected chi connectivity index (χ2v) is 8.63. The van der Waals surface area contributed by atoms with Crippen LogP contribution in [0.25, 0.3) is 0 Å². The Kier molecular flexibility index (Phi) is 4.72. The summed E-state index contributed by atoms with van der Waals surface area (Å²) in [6.45, 7) is 5.94. The van der Waals surface area contributed by atoms with Crippen molar-refractivity contribution in [3.05, 3.63) is 16.3 Å². The SMILES string of the molecule is CNS(=O)(=O)c1csc(C(=O)NC2CCNCC2(C)C)c1. The Bertz CT molecular complexity index is 622. The van der Waals surface area contributed by atoms with Crippen LogP contribution in [0.1, 0.15) is 29.9 Å². The van der Waals surface area contributed by atoms with Crippen LogP contribution in [0, 0.1) is 5.41 Å². The zero-order valence-electron chi connectivity index (χ0n) is 12.4. The summed E-state index contributed by atoms with van der Waals surface area (Å²) in [7, 11) is -2.14. The summed E-state index contributed by atoms with van der Waals surface area (Å²) < 4.78 is 25.6. The van der Waals surface area contributed by atoms with Gasteiger partial charge in [-0.2, -0.15) is 0 Å². The molecule has 1 aromatic heterocycles. The molecule has 8 heteroatoms. The van der Waals surface area contributed by atoms with Gasteiger partial charge in [0.25, 0.3) is 5.91 Å². The molecule has 1 unspecified atom stereocenters. The second kappa shape index (κ2) is 6.04. The van der Waals surface area contributed by atoms with Crippen LogP contribution in [-0.4, -0.2) is 40.5 Å². The lowest BCUT2D eigenvalue weighted by Crippen LogP contribution is -2.54. The normalized spacial score (nSPS) is 22.0. The summed E-state index contributed by atoms with van der Waals surface area (Å²) in [5, 5.41) is 7.82. The Morgan fingerprint density at radius 3 is 2.81 bits per heavy atom. The van der Waals surface area contributed by atoms with E-state index in [1.807, 2.05) is 0 Å². The minimum Gasteiger partial charge on any atom is -0.348 e. The maximum atomic E-state index is 12.3. The van der Waals surface area contributed by atoms with Crippen LogP contribution in [0.4, 0.5) is 0 Å². The van der Waals surface area contributed by atoms with E-state index in [1.165, 1.54) is 18.5 Å². The lowest BCUT2D eigenvalue weighted by molar-refractivity contribution is 0.0872. The smallest absolute Gasteiger partial charge is 0.261 e. The lowest BCUT2D eigenvalue weighted by atomic mass is 9.80. The van der Waals surface area contributed by atoms with Crippen LogP contribution < -0.4 is 15.4 Å². The number of hydrogen-bond acceptors (Lipinski definition) is 5. The summed E-state index contributed by atoms with van der Waals surface area (Å²) in [5.74, 6) is -0.211. The van der Waals surface area contributed by atoms with E-state index in [9.17, 15) is 13.2 Å². The van der Waals surface area contributed by atoms with Crippen molar-refractivity contribution < 1.29 is 13.2 Å². The monoisotopic (exact) mass is 331 g/mol. The van der Waals surface area contributed by atoms with Gasteiger partial charge in [-0.3, -0.25) is 4.79 Å². The van der Waals surface area contributed by atoms with E-state index in [1.54, 1.807) is 0 Å². The highest BCUT2D eigenvalue weighted by Gasteiger charge is 2.33. The Balaban J connectivity index is 2.11. The molecule has 1 amide bonds. The molecule has 0 bridgehead atoms. The van der Waals surface area contributed by atoms with Crippen molar-refractivity contribution in [2.45, 2.75) is 31.2 Å². The highest BCUT2D eigenvalue weighted by Crippen LogP contribution is 2.26. The zero-order valence-corrected chi connectivity index (χ0v) is 14.0. The molecule has 0 radical (unpaired) electrons. The van der Waals surface area contributed by atoms with E-state index < -0.39 is 10.0 Å². The van der Waals surface area contributed by atoms with Crippen molar-refractivity contribution in [3.8, 4) is 0 Å². The van der Waals surface area contributed by atoms with Crippen LogP contribution >= 0.6 is 11.3 Å². The van der Waals surface area contributed by atoms with Gasteiger partial charge in [0.15, 0.2) is 0 Å². The third kappa shape index (κ3) is 3.63. The van der Waals surface area contributed by atoms with E-state index >= 15 is 0 Å². The minimum atomic E-state index is -3.50. The van der Waals surface area contributed by atoms with Crippen molar-refractivity contribution in [2.24, 2.45) is 5.41 Å². The largest absolute Gasteiger partial charge is 0.348 e. The van der Waals surface area contributed by atoms with Gasteiger partial charge in [0, 0.05) is 18.0 Å². The fourth-order valence-corrected chi connectivity index (χ4v) is 4.27. The summed E-state index contributed by atoms with van der Waals surface area (Å²) >= 11 is 1.14. The number of piperidine rings is 1. The molecule has 3 N–H and O–H groups in total. The van der Waals surface area contributed by atoms with E-state index in [0.29, 0.717) is 4.88 Å². The second-order valence-electron chi connectivity index (χ2n) is 5.83. The number of amides is 1. The summed E-state index contributed by atoms with van der Waals surface area (Å²) in [6.07, 6.45) is 0.867. The van der Waals surface area contributed by atoms with Crippen LogP contribution in [0.3, 0.4) is 0 Å². The molecule has 1 fully saturated rings.